The molecule has 3 N–H and O–H groups in total. The number of hydrogen-bond acceptors (Lipinski definition) is 5. The Bertz CT molecular complexity index is 1380. The number of benzene rings is 3. The van der Waals surface area contributed by atoms with Crippen LogP contribution in [0.3, 0.4) is 0 Å². The molecule has 0 aliphatic heterocycles. The van der Waals surface area contributed by atoms with Crippen LogP contribution in [0.25, 0.3) is 0 Å². The Kier molecular flexibility index (Phi) is 12.5. The predicted octanol–water partition coefficient (Wildman–Crippen LogP) is 6.45. The van der Waals surface area contributed by atoms with E-state index < -0.39 is 41.2 Å². The lowest BCUT2D eigenvalue weighted by Crippen LogP contribution is -2.56. The predicted molar refractivity (Wildman–Crippen MR) is 167 cm³/mol. The second kappa shape index (κ2) is 16.0. The van der Waals surface area contributed by atoms with Crippen LogP contribution in [0.2, 0.25) is 0 Å². The first kappa shape index (κ1) is 34.3. The maximum Gasteiger partial charge on any atom is 0.333 e. The first-order valence-electron chi connectivity index (χ1n) is 14.9. The number of halogens is 1. The highest BCUT2D eigenvalue weighted by Crippen LogP contribution is 2.27. The topological polar surface area (TPSA) is 114 Å². The number of nitrogens with one attached hydrogen (secondary N) is 2. The molecule has 0 fully saturated rings. The lowest BCUT2D eigenvalue weighted by molar-refractivity contribution is -0.158. The van der Waals surface area contributed by atoms with Gasteiger partial charge >= 0.3 is 5.97 Å². The number of carboxylic acid groups (broad SMARTS) is 1. The highest BCUT2D eigenvalue weighted by Gasteiger charge is 2.39. The number of carbonyl (C=O) groups is 3. The van der Waals surface area contributed by atoms with E-state index in [9.17, 15) is 23.9 Å². The van der Waals surface area contributed by atoms with E-state index in [-0.39, 0.29) is 30.7 Å². The van der Waals surface area contributed by atoms with Crippen LogP contribution in [-0.4, -0.2) is 41.6 Å². The molecule has 4 atom stereocenters. The van der Waals surface area contributed by atoms with E-state index in [1.165, 1.54) is 6.07 Å². The number of aliphatic carboxylic acids is 1. The molecule has 9 heteroatoms. The summed E-state index contributed by atoms with van der Waals surface area (Å²) in [5, 5.41) is 15.7. The van der Waals surface area contributed by atoms with Crippen molar-refractivity contribution in [3.05, 3.63) is 95.8 Å². The zero-order valence-electron chi connectivity index (χ0n) is 26.0. The van der Waals surface area contributed by atoms with Crippen molar-refractivity contribution in [3.63, 3.8) is 0 Å². The third kappa shape index (κ3) is 9.91. The molecule has 44 heavy (non-hydrogen) atoms. The smallest absolute Gasteiger partial charge is 0.333 e. The van der Waals surface area contributed by atoms with Gasteiger partial charge in [-0.1, -0.05) is 75.4 Å². The fourth-order valence-corrected chi connectivity index (χ4v) is 4.93. The van der Waals surface area contributed by atoms with Gasteiger partial charge in [0.05, 0.1) is 12.0 Å². The summed E-state index contributed by atoms with van der Waals surface area (Å²) in [6.45, 7) is 9.09. The van der Waals surface area contributed by atoms with E-state index in [0.717, 1.165) is 5.56 Å². The zero-order valence-corrected chi connectivity index (χ0v) is 26.0. The normalized spacial score (nSPS) is 14.1. The third-order valence-corrected chi connectivity index (χ3v) is 7.31. The molecule has 0 bridgehead atoms. The second-order valence-corrected chi connectivity index (χ2v) is 11.8. The van der Waals surface area contributed by atoms with E-state index in [1.54, 1.807) is 43.3 Å². The standard InChI is InChI=1S/C35H43FN2O6/c1-6-43-30(34(41)42)27(19-13-14-24-20-21-29(28(36)22-24)44-26-17-11-8-12-18-26)32(39)38-31(35(3,4)5)33(40)37-23(2)25-15-9-7-10-16-25/h7-12,15-18,20-23,27,30-31H,6,13-14,19H2,1-5H3,(H,37,40)(H,38,39)(H,41,42)/t23?,27-,30?,31-/m1/s1. The quantitative estimate of drug-likeness (QED) is 0.183. The minimum Gasteiger partial charge on any atom is -0.479 e. The highest BCUT2D eigenvalue weighted by atomic mass is 19.1. The second-order valence-electron chi connectivity index (χ2n) is 11.8. The van der Waals surface area contributed by atoms with Crippen molar-refractivity contribution in [3.8, 4) is 11.5 Å². The molecule has 0 saturated carbocycles. The van der Waals surface area contributed by atoms with Crippen molar-refractivity contribution in [2.45, 2.75) is 72.1 Å². The SMILES string of the molecule is CCOC(C(=O)O)[C@@H](CCCc1ccc(Oc2ccccc2)c(F)c1)C(=O)N[C@H](C(=O)NC(C)c1ccccc1)C(C)(C)C. The van der Waals surface area contributed by atoms with Gasteiger partial charge in [0.1, 0.15) is 11.8 Å². The first-order valence-corrected chi connectivity index (χ1v) is 14.9. The summed E-state index contributed by atoms with van der Waals surface area (Å²) in [5.74, 6) is -3.24. The molecule has 0 heterocycles. The Morgan fingerprint density at radius 2 is 1.55 bits per heavy atom. The van der Waals surface area contributed by atoms with Gasteiger partial charge in [-0.05, 0) is 73.9 Å². The average molecular weight is 607 g/mol. The zero-order chi connectivity index (χ0) is 32.3. The molecule has 8 nitrogen and oxygen atoms in total. The largest absolute Gasteiger partial charge is 0.479 e. The van der Waals surface area contributed by atoms with Crippen LogP contribution in [0, 0.1) is 17.2 Å². The van der Waals surface area contributed by atoms with Gasteiger partial charge in [-0.3, -0.25) is 9.59 Å². The van der Waals surface area contributed by atoms with E-state index >= 15 is 0 Å². The lowest BCUT2D eigenvalue weighted by Gasteiger charge is -2.33. The summed E-state index contributed by atoms with van der Waals surface area (Å²) in [7, 11) is 0. The van der Waals surface area contributed by atoms with Crippen LogP contribution in [0.15, 0.2) is 78.9 Å². The molecule has 0 radical (unpaired) electrons. The summed E-state index contributed by atoms with van der Waals surface area (Å²) in [5.41, 5.74) is 0.912. The van der Waals surface area contributed by atoms with Crippen LogP contribution < -0.4 is 15.4 Å². The number of para-hydroxylation sites is 1. The van der Waals surface area contributed by atoms with Gasteiger partial charge in [-0.15, -0.1) is 0 Å². The summed E-state index contributed by atoms with van der Waals surface area (Å²) >= 11 is 0. The van der Waals surface area contributed by atoms with E-state index in [1.807, 2.05) is 64.1 Å². The molecule has 0 aliphatic rings. The average Bonchev–Trinajstić information content (AvgIpc) is 2.98. The van der Waals surface area contributed by atoms with Crippen LogP contribution >= 0.6 is 0 Å². The molecule has 3 aromatic rings. The minimum absolute atomic E-state index is 0.0899. The molecule has 2 amide bonds. The number of aryl methyl sites for hydroxylation is 1. The first-order chi connectivity index (χ1) is 20.9. The Labute approximate surface area is 259 Å². The Balaban J connectivity index is 1.72. The molecule has 0 saturated heterocycles. The van der Waals surface area contributed by atoms with Crippen molar-refractivity contribution in [2.24, 2.45) is 11.3 Å². The van der Waals surface area contributed by atoms with Crippen LogP contribution in [0.1, 0.15) is 64.6 Å². The molecule has 0 aromatic heterocycles. The van der Waals surface area contributed by atoms with Crippen LogP contribution in [-0.2, 0) is 25.5 Å². The van der Waals surface area contributed by atoms with E-state index in [4.69, 9.17) is 9.47 Å². The van der Waals surface area contributed by atoms with Crippen LogP contribution in [0.5, 0.6) is 11.5 Å². The molecule has 3 aromatic carbocycles. The molecule has 236 valence electrons. The van der Waals surface area contributed by atoms with Crippen LogP contribution in [0.4, 0.5) is 4.39 Å². The number of carboxylic acids is 1. The lowest BCUT2D eigenvalue weighted by atomic mass is 9.84. The number of amides is 2. The number of rotatable bonds is 15. The summed E-state index contributed by atoms with van der Waals surface area (Å²) in [6, 6.07) is 21.8. The highest BCUT2D eigenvalue weighted by molar-refractivity contribution is 5.91. The van der Waals surface area contributed by atoms with Gasteiger partial charge in [0.25, 0.3) is 0 Å². The monoisotopic (exact) mass is 606 g/mol. The summed E-state index contributed by atoms with van der Waals surface area (Å²) in [6.07, 6.45) is -0.496. The minimum atomic E-state index is -1.41. The Hall–Kier alpha value is -4.24. The molecule has 2 unspecified atom stereocenters. The van der Waals surface area contributed by atoms with Gasteiger partial charge in [0, 0.05) is 6.61 Å². The maximum atomic E-state index is 14.8. The number of hydrogen-bond donors (Lipinski definition) is 3. The van der Waals surface area contributed by atoms with Crippen molar-refractivity contribution in [1.29, 1.82) is 0 Å². The Morgan fingerprint density at radius 3 is 2.11 bits per heavy atom. The van der Waals surface area contributed by atoms with Gasteiger partial charge in [0.15, 0.2) is 17.7 Å². The third-order valence-electron chi connectivity index (χ3n) is 7.31. The summed E-state index contributed by atoms with van der Waals surface area (Å²) in [4.78, 5) is 39.3. The van der Waals surface area contributed by atoms with E-state index in [0.29, 0.717) is 24.2 Å². The number of ether oxygens (including phenoxy) is 2. The van der Waals surface area contributed by atoms with Crippen molar-refractivity contribution in [2.75, 3.05) is 6.61 Å². The van der Waals surface area contributed by atoms with E-state index in [2.05, 4.69) is 10.6 Å². The molecule has 3 rings (SSSR count). The molecule has 0 spiro atoms. The maximum absolute atomic E-state index is 14.8. The number of carbonyl (C=O) groups excluding carboxylic acids is 2. The fraction of sp³-hybridized carbons (Fsp3) is 0.400. The van der Waals surface area contributed by atoms with Gasteiger partial charge in [-0.2, -0.15) is 0 Å². The van der Waals surface area contributed by atoms with Crippen molar-refractivity contribution < 1.29 is 33.4 Å². The van der Waals surface area contributed by atoms with Gasteiger partial charge < -0.3 is 25.2 Å². The fourth-order valence-electron chi connectivity index (χ4n) is 4.93. The van der Waals surface area contributed by atoms with Gasteiger partial charge in [-0.25, -0.2) is 9.18 Å². The van der Waals surface area contributed by atoms with Gasteiger partial charge in [0.2, 0.25) is 11.8 Å². The summed E-state index contributed by atoms with van der Waals surface area (Å²) < 4.78 is 25.9. The molecular weight excluding hydrogens is 563 g/mol. The molecular formula is C35H43FN2O6. The Morgan fingerprint density at radius 1 is 0.909 bits per heavy atom. The molecule has 0 aliphatic carbocycles. The van der Waals surface area contributed by atoms with Crippen molar-refractivity contribution in [1.82, 2.24) is 10.6 Å². The van der Waals surface area contributed by atoms with Crippen molar-refractivity contribution >= 4 is 17.8 Å².